The highest BCUT2D eigenvalue weighted by Gasteiger charge is 2.25. The van der Waals surface area contributed by atoms with Crippen LogP contribution in [0.4, 0.5) is 0 Å². The molecule has 0 spiro atoms. The van der Waals surface area contributed by atoms with E-state index in [0.717, 1.165) is 83.5 Å². The first kappa shape index (κ1) is 73.4. The van der Waals surface area contributed by atoms with Crippen molar-refractivity contribution < 1.29 is 25.5 Å². The second kappa shape index (κ2) is 39.4. The highest BCUT2D eigenvalue weighted by molar-refractivity contribution is 5.76. The first-order chi connectivity index (χ1) is 49.8. The van der Waals surface area contributed by atoms with Crippen molar-refractivity contribution in [2.24, 2.45) is 0 Å². The molecule has 5 N–H and O–H groups in total. The predicted octanol–water partition coefficient (Wildman–Crippen LogP) is 27.9. The third-order valence-electron chi connectivity index (χ3n) is 22.5. The van der Waals surface area contributed by atoms with Crippen LogP contribution in [0.5, 0.6) is 28.7 Å². The molecule has 0 heterocycles. The third kappa shape index (κ3) is 20.7. The van der Waals surface area contributed by atoms with Crippen molar-refractivity contribution in [2.75, 3.05) is 0 Å². The van der Waals surface area contributed by atoms with Crippen LogP contribution < -0.4 is 0 Å². The molecule has 0 atom stereocenters. The van der Waals surface area contributed by atoms with E-state index < -0.39 is 0 Å². The van der Waals surface area contributed by atoms with Crippen molar-refractivity contribution in [3.8, 4) is 84.4 Å². The van der Waals surface area contributed by atoms with Crippen LogP contribution in [0.1, 0.15) is 256 Å². The fourth-order valence-corrected chi connectivity index (χ4v) is 16.8. The Balaban J connectivity index is 0.000000127. The summed E-state index contributed by atoms with van der Waals surface area (Å²) in [7, 11) is 0. The van der Waals surface area contributed by atoms with E-state index in [-0.39, 0.29) is 0 Å². The SMILES string of the molecule is Oc1c(-c2ccccc2)cccc1C1CCCC1.Oc1c(-c2ccccc2)cccc1C1CCCCC1.Oc1c(-c2ccccc2)cccc1C1CCCCCC1.Oc1c(-c2ccccc2)cccc1C1CCCCCCC1.Oc1c(-c2ccccc2)cccc1C1CCCCCCCCC1. The Bertz CT molecular complexity index is 4000. The average molecular weight is 1350 g/mol. The van der Waals surface area contributed by atoms with Crippen LogP contribution in [-0.2, 0) is 0 Å². The van der Waals surface area contributed by atoms with Crippen LogP contribution in [0.2, 0.25) is 0 Å². The van der Waals surface area contributed by atoms with E-state index in [2.05, 4.69) is 109 Å². The fraction of sp³-hybridized carbons (Fsp3) is 0.375. The summed E-state index contributed by atoms with van der Waals surface area (Å²) in [6.45, 7) is 0. The number of benzene rings is 10. The molecule has 10 aromatic carbocycles. The highest BCUT2D eigenvalue weighted by atomic mass is 16.3. The van der Waals surface area contributed by atoms with E-state index in [4.69, 9.17) is 0 Å². The summed E-state index contributed by atoms with van der Waals surface area (Å²) in [5, 5.41) is 53.4. The standard InChI is InChI=1S/C22H28O.C20H24O.C19H22O.C18H20O.C17H18O/c23-22-20(18-12-7-4-2-1-3-5-8-13-18)16-11-17-21(22)19-14-9-6-10-15-19;21-20-18(16-10-5-2-1-3-6-11-16)14-9-15-19(20)17-12-7-4-8-13-17;20-19-17(15-9-4-1-2-5-10-15)13-8-14-18(19)16-11-6-3-7-12-16;19-18-16(14-8-3-1-4-9-14)12-7-13-17(18)15-10-5-2-6-11-15;18-17-15(13-7-2-1-3-8-13)11-6-12-16(17)14-9-4-5-10-14/h6,9-11,14-18,23H,1-5,7-8,12-13H2;4,7-9,12-16,21H,1-3,5-6,10-11H2;3,6-8,11-15,20H,1-2,4-5,9-10H2;1,3-4,7-9,12-13,15,19H,2,5-6,10-11H2;1-3,6-8,11-12,14,18H,4-5,9-10H2. The average Bonchev–Trinajstić information content (AvgIpc) is 1.72. The second-order valence-corrected chi connectivity index (χ2v) is 29.3. The van der Waals surface area contributed by atoms with Crippen LogP contribution in [0, 0.1) is 0 Å². The van der Waals surface area contributed by atoms with E-state index >= 15 is 0 Å². The molecule has 10 aromatic rings. The molecule has 0 unspecified atom stereocenters. The number of phenols is 5. The number of hydrogen-bond donors (Lipinski definition) is 5. The van der Waals surface area contributed by atoms with Crippen molar-refractivity contribution in [3.63, 3.8) is 0 Å². The van der Waals surface area contributed by atoms with Crippen LogP contribution in [0.15, 0.2) is 243 Å². The molecule has 101 heavy (non-hydrogen) atoms. The minimum Gasteiger partial charge on any atom is -0.507 e. The monoisotopic (exact) mass is 1340 g/mol. The molecule has 0 amide bonds. The van der Waals surface area contributed by atoms with Gasteiger partial charge in [-0.25, -0.2) is 0 Å². The molecule has 0 aliphatic heterocycles. The van der Waals surface area contributed by atoms with Gasteiger partial charge >= 0.3 is 0 Å². The number of aromatic hydroxyl groups is 5. The predicted molar refractivity (Wildman–Crippen MR) is 425 cm³/mol. The lowest BCUT2D eigenvalue weighted by molar-refractivity contribution is 0.415. The number of hydrogen-bond acceptors (Lipinski definition) is 5. The van der Waals surface area contributed by atoms with E-state index in [1.165, 1.54) is 199 Å². The molecule has 5 aliphatic carbocycles. The lowest BCUT2D eigenvalue weighted by Crippen LogP contribution is -2.05. The zero-order valence-corrected chi connectivity index (χ0v) is 60.1. The Labute approximate surface area is 605 Å². The van der Waals surface area contributed by atoms with Crippen molar-refractivity contribution >= 4 is 0 Å². The Kier molecular flexibility index (Phi) is 28.7. The molecule has 5 aliphatic rings. The molecule has 526 valence electrons. The van der Waals surface area contributed by atoms with Gasteiger partial charge in [0.1, 0.15) is 28.7 Å². The van der Waals surface area contributed by atoms with Crippen molar-refractivity contribution in [1.82, 2.24) is 0 Å². The van der Waals surface area contributed by atoms with Gasteiger partial charge in [0.25, 0.3) is 0 Å². The van der Waals surface area contributed by atoms with Crippen LogP contribution in [-0.4, -0.2) is 25.5 Å². The molecule has 0 aromatic heterocycles. The van der Waals surface area contributed by atoms with E-state index in [0.29, 0.717) is 58.3 Å². The van der Waals surface area contributed by atoms with E-state index in [1.54, 1.807) is 0 Å². The Morgan fingerprint density at radius 1 is 0.149 bits per heavy atom. The Hall–Kier alpha value is -8.80. The Morgan fingerprint density at radius 2 is 0.287 bits per heavy atom. The molecule has 0 saturated heterocycles. The molecule has 5 saturated carbocycles. The maximum Gasteiger partial charge on any atom is 0.126 e. The summed E-state index contributed by atoms with van der Waals surface area (Å²) in [6, 6.07) is 81.9. The Morgan fingerprint density at radius 3 is 0.455 bits per heavy atom. The molecule has 5 heteroatoms. The minimum absolute atomic E-state index is 0.482. The maximum absolute atomic E-state index is 10.9. The van der Waals surface area contributed by atoms with Gasteiger partial charge in [0, 0.05) is 27.8 Å². The number of phenolic OH excluding ortho intramolecular Hbond substituents is 5. The van der Waals surface area contributed by atoms with Crippen LogP contribution in [0.3, 0.4) is 0 Å². The number of para-hydroxylation sites is 5. The summed E-state index contributed by atoms with van der Waals surface area (Å²) in [5.41, 5.74) is 16.0. The second-order valence-electron chi connectivity index (χ2n) is 29.3. The lowest BCUT2D eigenvalue weighted by atomic mass is 9.82. The van der Waals surface area contributed by atoms with Crippen LogP contribution in [0.25, 0.3) is 55.6 Å². The maximum atomic E-state index is 10.9. The van der Waals surface area contributed by atoms with Gasteiger partial charge in [0.2, 0.25) is 0 Å². The zero-order chi connectivity index (χ0) is 69.6. The van der Waals surface area contributed by atoms with Gasteiger partial charge in [-0.05, 0) is 149 Å². The van der Waals surface area contributed by atoms with Crippen molar-refractivity contribution in [3.05, 3.63) is 270 Å². The molecular weight excluding hydrogens is 1230 g/mol. The third-order valence-corrected chi connectivity index (χ3v) is 22.5. The van der Waals surface area contributed by atoms with Gasteiger partial charge in [0.15, 0.2) is 0 Å². The quantitative estimate of drug-likeness (QED) is 0.0879. The van der Waals surface area contributed by atoms with Gasteiger partial charge < -0.3 is 25.5 Å². The first-order valence-corrected chi connectivity index (χ1v) is 39.2. The zero-order valence-electron chi connectivity index (χ0n) is 60.1. The largest absolute Gasteiger partial charge is 0.507 e. The summed E-state index contributed by atoms with van der Waals surface area (Å²) < 4.78 is 0. The van der Waals surface area contributed by atoms with Gasteiger partial charge in [-0.2, -0.15) is 0 Å². The number of rotatable bonds is 10. The molecular formula is C96H112O5. The van der Waals surface area contributed by atoms with Crippen molar-refractivity contribution in [1.29, 1.82) is 0 Å². The minimum atomic E-state index is 0.482. The highest BCUT2D eigenvalue weighted by Crippen LogP contribution is 2.47. The molecule has 5 nitrogen and oxygen atoms in total. The van der Waals surface area contributed by atoms with Crippen molar-refractivity contribution in [2.45, 2.75) is 229 Å². The van der Waals surface area contributed by atoms with Gasteiger partial charge in [-0.15, -0.1) is 0 Å². The van der Waals surface area contributed by atoms with E-state index in [1.807, 2.05) is 133 Å². The smallest absolute Gasteiger partial charge is 0.126 e. The molecule has 0 bridgehead atoms. The summed E-state index contributed by atoms with van der Waals surface area (Å²) in [5.74, 6) is 5.11. The lowest BCUT2D eigenvalue weighted by Gasteiger charge is -2.23. The van der Waals surface area contributed by atoms with Gasteiger partial charge in [-0.3, -0.25) is 0 Å². The summed E-state index contributed by atoms with van der Waals surface area (Å²) in [6.07, 6.45) is 40.0. The van der Waals surface area contributed by atoms with E-state index in [9.17, 15) is 25.5 Å². The normalized spacial score (nSPS) is 16.9. The van der Waals surface area contributed by atoms with Gasteiger partial charge in [-0.1, -0.05) is 377 Å². The molecule has 5 fully saturated rings. The molecule has 0 radical (unpaired) electrons. The summed E-state index contributed by atoms with van der Waals surface area (Å²) in [4.78, 5) is 0. The summed E-state index contributed by atoms with van der Waals surface area (Å²) >= 11 is 0. The van der Waals surface area contributed by atoms with Crippen LogP contribution >= 0.6 is 0 Å². The van der Waals surface area contributed by atoms with Gasteiger partial charge in [0.05, 0.1) is 0 Å². The fourth-order valence-electron chi connectivity index (χ4n) is 16.8. The topological polar surface area (TPSA) is 101 Å². The molecule has 15 rings (SSSR count). The first-order valence-electron chi connectivity index (χ1n) is 39.2.